The highest BCUT2D eigenvalue weighted by Gasteiger charge is 2.40. The number of likely N-dealkylation sites (tertiary alicyclic amines) is 1. The zero-order valence-electron chi connectivity index (χ0n) is 39.8. The maximum absolute atomic E-state index is 14.3. The van der Waals surface area contributed by atoms with Gasteiger partial charge in [0, 0.05) is 19.5 Å². The first-order chi connectivity index (χ1) is 33.3. The summed E-state index contributed by atoms with van der Waals surface area (Å²) in [6, 6.07) is -8.25. The number of phenols is 1. The number of hydrogen-bond donors (Lipinski definition) is 16. The van der Waals surface area contributed by atoms with E-state index in [4.69, 9.17) is 22.3 Å². The number of rotatable bonds is 29. The monoisotopic (exact) mass is 1010 g/mol. The van der Waals surface area contributed by atoms with Crippen molar-refractivity contribution in [2.24, 2.45) is 28.1 Å². The molecule has 1 aliphatic heterocycles. The van der Waals surface area contributed by atoms with Gasteiger partial charge in [0.25, 0.3) is 0 Å². The molecule has 1 aromatic rings. The number of nitrogens with one attached hydrogen (secondary N) is 7. The van der Waals surface area contributed by atoms with Gasteiger partial charge < -0.3 is 90.0 Å². The van der Waals surface area contributed by atoms with Crippen molar-refractivity contribution in [2.45, 2.75) is 133 Å². The lowest BCUT2D eigenvalue weighted by molar-refractivity contribution is -0.144. The second-order valence-electron chi connectivity index (χ2n) is 17.3. The summed E-state index contributed by atoms with van der Waals surface area (Å²) in [5, 5.41) is 74.7. The van der Waals surface area contributed by atoms with Crippen molar-refractivity contribution >= 4 is 65.2 Å². The third-order valence-corrected chi connectivity index (χ3v) is 10.9. The zero-order valence-corrected chi connectivity index (χ0v) is 39.8. The standard InChI is InChI=1S/C43H68N12O16/c1-20(2)15-27(51-38(66)30(19-57)53-35(63)25(44)18-56)37(65)54-33(22(4)58)40(68)49-26(7-5-13-47-43(45)46)41(69)55-14-6-8-31(55)39(67)48-21(3)34(62)50-28(17-32(60)61)36(64)52-29(42(70)71)16-23-9-11-24(59)12-10-23/h9-12,20-22,25-31,33,56-59H,5-8,13-19,44H2,1-4H3,(H,48,67)(H,49,68)(H,50,62)(H,51,66)(H,52,64)(H,53,63)(H,54,65)(H,60,61)(H,70,71)(H4,45,46,47)/t21-,22+,25-,26-,27-,28-,29-,30-,31-,33-/m0/s1. The van der Waals surface area contributed by atoms with Crippen LogP contribution in [-0.2, 0) is 54.4 Å². The number of hydrogen-bond acceptors (Lipinski definition) is 16. The Morgan fingerprint density at radius 1 is 0.718 bits per heavy atom. The number of phenolic OH excluding ortho intramolecular Hbond substituents is 1. The lowest BCUT2D eigenvalue weighted by Gasteiger charge is -2.31. The molecule has 0 bridgehead atoms. The Kier molecular flexibility index (Phi) is 24.6. The van der Waals surface area contributed by atoms with Gasteiger partial charge in [0.1, 0.15) is 60.1 Å². The van der Waals surface area contributed by atoms with E-state index in [0.717, 1.165) is 4.90 Å². The molecule has 8 amide bonds. The van der Waals surface area contributed by atoms with Crippen LogP contribution >= 0.6 is 0 Å². The minimum absolute atomic E-state index is 0.0107. The van der Waals surface area contributed by atoms with Crippen LogP contribution in [0.4, 0.5) is 0 Å². The maximum atomic E-state index is 14.3. The fraction of sp³-hybridized carbons (Fsp3) is 0.605. The second kappa shape index (κ2) is 29.1. The van der Waals surface area contributed by atoms with Crippen molar-refractivity contribution < 1.29 is 78.6 Å². The molecule has 2 rings (SSSR count). The number of carboxylic acids is 2. The molecule has 0 saturated carbocycles. The number of aliphatic carboxylic acids is 2. The Balaban J connectivity index is 2.28. The van der Waals surface area contributed by atoms with Crippen LogP contribution < -0.4 is 54.4 Å². The highest BCUT2D eigenvalue weighted by atomic mass is 16.4. The number of benzene rings is 1. The van der Waals surface area contributed by atoms with Crippen molar-refractivity contribution in [3.05, 3.63) is 29.8 Å². The molecule has 28 heteroatoms. The normalized spacial score (nSPS) is 17.0. The largest absolute Gasteiger partial charge is 0.508 e. The predicted octanol–water partition coefficient (Wildman–Crippen LogP) is -6.31. The summed E-state index contributed by atoms with van der Waals surface area (Å²) in [7, 11) is 0. The first kappa shape index (κ1) is 60.0. The molecular formula is C43H68N12O16. The summed E-state index contributed by atoms with van der Waals surface area (Å²) in [5.41, 5.74) is 16.8. The number of guanidine groups is 1. The van der Waals surface area contributed by atoms with Crippen molar-refractivity contribution in [2.75, 3.05) is 26.3 Å². The van der Waals surface area contributed by atoms with Gasteiger partial charge in [0.2, 0.25) is 47.3 Å². The molecule has 1 aliphatic rings. The predicted molar refractivity (Wildman–Crippen MR) is 249 cm³/mol. The number of carbonyl (C=O) groups is 10. The first-order valence-corrected chi connectivity index (χ1v) is 22.7. The number of carbonyl (C=O) groups excluding carboxylic acids is 8. The lowest BCUT2D eigenvalue weighted by Crippen LogP contribution is -2.62. The number of aliphatic imine (C=N–C) groups is 1. The molecule has 1 fully saturated rings. The maximum Gasteiger partial charge on any atom is 0.326 e. The number of nitrogens with zero attached hydrogens (tertiary/aromatic N) is 2. The van der Waals surface area contributed by atoms with E-state index in [1.807, 2.05) is 0 Å². The van der Waals surface area contributed by atoms with Gasteiger partial charge in [-0.15, -0.1) is 0 Å². The van der Waals surface area contributed by atoms with Gasteiger partial charge in [-0.2, -0.15) is 0 Å². The van der Waals surface area contributed by atoms with E-state index in [1.165, 1.54) is 38.1 Å². The molecule has 1 heterocycles. The molecule has 396 valence electrons. The van der Waals surface area contributed by atoms with Crippen LogP contribution in [0.25, 0.3) is 0 Å². The number of carboxylic acid groups (broad SMARTS) is 2. The van der Waals surface area contributed by atoms with E-state index >= 15 is 0 Å². The average Bonchev–Trinajstić information content (AvgIpc) is 3.80. The van der Waals surface area contributed by atoms with Gasteiger partial charge in [0.15, 0.2) is 5.96 Å². The molecule has 1 aromatic carbocycles. The third-order valence-electron chi connectivity index (χ3n) is 10.9. The van der Waals surface area contributed by atoms with E-state index in [2.05, 4.69) is 42.2 Å². The molecule has 0 radical (unpaired) electrons. The highest BCUT2D eigenvalue weighted by Crippen LogP contribution is 2.21. The molecule has 0 spiro atoms. The fourth-order valence-electron chi connectivity index (χ4n) is 7.11. The van der Waals surface area contributed by atoms with E-state index in [-0.39, 0.29) is 69.2 Å². The molecule has 71 heavy (non-hydrogen) atoms. The molecule has 0 aliphatic carbocycles. The van der Waals surface area contributed by atoms with Crippen LogP contribution in [0.1, 0.15) is 71.8 Å². The highest BCUT2D eigenvalue weighted by molar-refractivity contribution is 5.99. The number of amides is 8. The first-order valence-electron chi connectivity index (χ1n) is 22.7. The van der Waals surface area contributed by atoms with Crippen LogP contribution in [0.15, 0.2) is 29.3 Å². The van der Waals surface area contributed by atoms with Crippen molar-refractivity contribution in [3.63, 3.8) is 0 Å². The summed E-state index contributed by atoms with van der Waals surface area (Å²) in [5.74, 6) is -11.5. The van der Waals surface area contributed by atoms with Crippen molar-refractivity contribution in [3.8, 4) is 5.75 Å². The Bertz CT molecular complexity index is 2070. The molecule has 1 saturated heterocycles. The van der Waals surface area contributed by atoms with Crippen molar-refractivity contribution in [1.29, 1.82) is 0 Å². The Labute approximate surface area is 408 Å². The van der Waals surface area contributed by atoms with E-state index in [0.29, 0.717) is 5.56 Å². The topological polar surface area (TPSA) is 470 Å². The third kappa shape index (κ3) is 20.0. The molecule has 28 nitrogen and oxygen atoms in total. The van der Waals surface area contributed by atoms with Crippen LogP contribution in [0, 0.1) is 5.92 Å². The number of nitrogens with two attached hydrogens (primary N) is 3. The van der Waals surface area contributed by atoms with Gasteiger partial charge in [-0.1, -0.05) is 26.0 Å². The summed E-state index contributed by atoms with van der Waals surface area (Å²) < 4.78 is 0. The second-order valence-corrected chi connectivity index (χ2v) is 17.3. The average molecular weight is 1010 g/mol. The minimum atomic E-state index is -1.81. The number of aliphatic hydroxyl groups excluding tert-OH is 3. The summed E-state index contributed by atoms with van der Waals surface area (Å²) in [4.78, 5) is 136. The van der Waals surface area contributed by atoms with Gasteiger partial charge in [-0.3, -0.25) is 48.1 Å². The number of aliphatic hydroxyl groups is 3. The zero-order chi connectivity index (χ0) is 53.7. The van der Waals surface area contributed by atoms with Crippen LogP contribution in [0.2, 0.25) is 0 Å². The SMILES string of the molecule is CC(C)C[C@H](NC(=O)[C@H](CO)NC(=O)[C@@H](N)CO)C(=O)N[C@H](C(=O)N[C@@H](CCCN=C(N)N)C(=O)N1CCC[C@H]1C(=O)N[C@@H](C)C(=O)N[C@@H](CC(=O)O)C(=O)N[C@@H](Cc1ccc(O)cc1)C(=O)O)[C@@H](C)O. The Morgan fingerprint density at radius 2 is 1.28 bits per heavy atom. The lowest BCUT2D eigenvalue weighted by atomic mass is 10.0. The Hall–Kier alpha value is -7.17. The van der Waals surface area contributed by atoms with Crippen molar-refractivity contribution in [1.82, 2.24) is 42.1 Å². The Morgan fingerprint density at radius 3 is 1.83 bits per heavy atom. The van der Waals surface area contributed by atoms with Gasteiger partial charge in [-0.25, -0.2) is 4.79 Å². The van der Waals surface area contributed by atoms with E-state index in [9.17, 15) is 73.5 Å². The van der Waals surface area contributed by atoms with E-state index < -0.39 is 139 Å². The van der Waals surface area contributed by atoms with E-state index in [1.54, 1.807) is 13.8 Å². The summed E-state index contributed by atoms with van der Waals surface area (Å²) >= 11 is 0. The summed E-state index contributed by atoms with van der Waals surface area (Å²) in [6.45, 7) is 4.08. The quantitative estimate of drug-likeness (QED) is 0.0202. The molecule has 0 aromatic heterocycles. The van der Waals surface area contributed by atoms with Gasteiger partial charge in [0.05, 0.1) is 25.7 Å². The van der Waals surface area contributed by atoms with Gasteiger partial charge >= 0.3 is 11.9 Å². The molecule has 0 unspecified atom stereocenters. The number of aromatic hydroxyl groups is 1. The summed E-state index contributed by atoms with van der Waals surface area (Å²) in [6.07, 6.45) is -2.59. The van der Waals surface area contributed by atoms with Crippen LogP contribution in [-0.4, -0.2) is 187 Å². The minimum Gasteiger partial charge on any atom is -0.508 e. The van der Waals surface area contributed by atoms with Gasteiger partial charge in [-0.05, 0) is 69.6 Å². The van der Waals surface area contributed by atoms with Crippen LogP contribution in [0.5, 0.6) is 5.75 Å². The molecular weight excluding hydrogens is 941 g/mol. The smallest absolute Gasteiger partial charge is 0.326 e. The van der Waals surface area contributed by atoms with Crippen LogP contribution in [0.3, 0.4) is 0 Å². The molecule has 19 N–H and O–H groups in total. The fourth-order valence-corrected chi connectivity index (χ4v) is 7.11. The molecule has 10 atom stereocenters.